The lowest BCUT2D eigenvalue weighted by atomic mass is 10.1. The molecule has 1 aromatic carbocycles. The fourth-order valence-electron chi connectivity index (χ4n) is 4.35. The quantitative estimate of drug-likeness (QED) is 0.689. The maximum atomic E-state index is 13.8. The van der Waals surface area contributed by atoms with Crippen LogP contribution in [-0.2, 0) is 9.84 Å². The molecule has 156 valence electrons. The molecule has 0 spiro atoms. The van der Waals surface area contributed by atoms with Gasteiger partial charge in [0.1, 0.15) is 11.4 Å². The number of alkyl halides is 1. The van der Waals surface area contributed by atoms with Crippen LogP contribution in [0.5, 0.6) is 5.75 Å². The predicted octanol–water partition coefficient (Wildman–Crippen LogP) is 3.46. The van der Waals surface area contributed by atoms with E-state index < -0.39 is 15.5 Å². The van der Waals surface area contributed by atoms with Gasteiger partial charge in [0.15, 0.2) is 9.84 Å². The van der Waals surface area contributed by atoms with Crippen LogP contribution in [0.2, 0.25) is 0 Å². The molecule has 2 unspecified atom stereocenters. The van der Waals surface area contributed by atoms with Crippen molar-refractivity contribution in [2.45, 2.75) is 24.4 Å². The second-order valence-corrected chi connectivity index (χ2v) is 10.9. The third-order valence-electron chi connectivity index (χ3n) is 5.80. The molecule has 0 radical (unpaired) electrons. The molecule has 2 heterocycles. The number of fused-ring (bicyclic) bond motifs is 1. The number of hydrogen-bond donors (Lipinski definition) is 0. The van der Waals surface area contributed by atoms with Gasteiger partial charge in [0.2, 0.25) is 0 Å². The zero-order valence-corrected chi connectivity index (χ0v) is 17.8. The number of rotatable bonds is 7. The van der Waals surface area contributed by atoms with E-state index in [0.29, 0.717) is 35.8 Å². The third-order valence-corrected chi connectivity index (χ3v) is 6.93. The number of halogens is 1. The molecule has 7 heteroatoms. The van der Waals surface area contributed by atoms with Gasteiger partial charge in [-0.05, 0) is 49.9 Å². The lowest BCUT2D eigenvalue weighted by Crippen LogP contribution is -2.36. The SMILES string of the molecule is CC(C)(F)CN1CC2C(COc3ccc(-c4ccc(S(C)(=O)=O)cc4)nc3)C2C1. The summed E-state index contributed by atoms with van der Waals surface area (Å²) in [7, 11) is -3.20. The zero-order chi connectivity index (χ0) is 20.8. The minimum atomic E-state index is -3.20. The highest BCUT2D eigenvalue weighted by Gasteiger charge is 2.56. The van der Waals surface area contributed by atoms with Gasteiger partial charge in [-0.2, -0.15) is 0 Å². The van der Waals surface area contributed by atoms with Crippen LogP contribution in [0.4, 0.5) is 4.39 Å². The Bertz CT molecular complexity index is 957. The topological polar surface area (TPSA) is 59.5 Å². The van der Waals surface area contributed by atoms with Crippen molar-refractivity contribution >= 4 is 9.84 Å². The maximum absolute atomic E-state index is 13.8. The average Bonchev–Trinajstić information content (AvgIpc) is 3.10. The third kappa shape index (κ3) is 4.78. The monoisotopic (exact) mass is 418 g/mol. The summed E-state index contributed by atoms with van der Waals surface area (Å²) < 4.78 is 42.8. The first kappa shape index (κ1) is 20.3. The van der Waals surface area contributed by atoms with Gasteiger partial charge < -0.3 is 4.74 Å². The Hall–Kier alpha value is -1.99. The molecule has 1 aromatic heterocycles. The number of sulfone groups is 1. The molecule has 5 nitrogen and oxygen atoms in total. The Labute approximate surface area is 171 Å². The number of hydrogen-bond acceptors (Lipinski definition) is 5. The van der Waals surface area contributed by atoms with E-state index in [0.717, 1.165) is 30.1 Å². The van der Waals surface area contributed by atoms with Crippen molar-refractivity contribution in [2.24, 2.45) is 17.8 Å². The number of benzene rings is 1. The first-order valence-electron chi connectivity index (χ1n) is 9.91. The standard InChI is InChI=1S/C22H27FN2O3S/c1-22(2,23)14-25-11-18-19(12-25)20(18)13-28-16-6-9-21(24-10-16)15-4-7-17(8-5-15)29(3,26)27/h4-10,18-20H,11-14H2,1-3H3. The van der Waals surface area contributed by atoms with Gasteiger partial charge in [0.05, 0.1) is 23.4 Å². The summed E-state index contributed by atoms with van der Waals surface area (Å²) in [5.74, 6) is 2.53. The summed E-state index contributed by atoms with van der Waals surface area (Å²) >= 11 is 0. The molecular formula is C22H27FN2O3S. The zero-order valence-electron chi connectivity index (χ0n) is 17.0. The fraction of sp³-hybridized carbons (Fsp3) is 0.500. The van der Waals surface area contributed by atoms with Crippen LogP contribution in [0.3, 0.4) is 0 Å². The number of piperidine rings is 1. The van der Waals surface area contributed by atoms with Crippen LogP contribution in [-0.4, -0.2) is 56.5 Å². The Morgan fingerprint density at radius 1 is 1.14 bits per heavy atom. The van der Waals surface area contributed by atoms with E-state index in [4.69, 9.17) is 4.74 Å². The fourth-order valence-corrected chi connectivity index (χ4v) is 4.98. The van der Waals surface area contributed by atoms with Gasteiger partial charge in [-0.1, -0.05) is 12.1 Å². The highest BCUT2D eigenvalue weighted by Crippen LogP contribution is 2.52. The second kappa shape index (κ2) is 7.36. The minimum absolute atomic E-state index is 0.296. The lowest BCUT2D eigenvalue weighted by molar-refractivity contribution is 0.126. The maximum Gasteiger partial charge on any atom is 0.175 e. The molecule has 1 aliphatic heterocycles. The summed E-state index contributed by atoms with van der Waals surface area (Å²) in [6.45, 7) is 6.37. The first-order valence-corrected chi connectivity index (χ1v) is 11.8. The number of likely N-dealkylation sites (tertiary alicyclic amines) is 1. The van der Waals surface area contributed by atoms with Gasteiger partial charge in [0.25, 0.3) is 0 Å². The Morgan fingerprint density at radius 3 is 2.31 bits per heavy atom. The summed E-state index contributed by atoms with van der Waals surface area (Å²) in [4.78, 5) is 6.95. The van der Waals surface area contributed by atoms with Crippen LogP contribution < -0.4 is 4.74 Å². The van der Waals surface area contributed by atoms with Crippen LogP contribution in [0.1, 0.15) is 13.8 Å². The predicted molar refractivity (Wildman–Crippen MR) is 110 cm³/mol. The van der Waals surface area contributed by atoms with Crippen LogP contribution in [0.25, 0.3) is 11.3 Å². The van der Waals surface area contributed by atoms with Gasteiger partial charge >= 0.3 is 0 Å². The van der Waals surface area contributed by atoms with Gasteiger partial charge in [-0.3, -0.25) is 9.88 Å². The van der Waals surface area contributed by atoms with Gasteiger partial charge in [0, 0.05) is 37.4 Å². The highest BCUT2D eigenvalue weighted by molar-refractivity contribution is 7.90. The first-order chi connectivity index (χ1) is 13.6. The largest absolute Gasteiger partial charge is 0.492 e. The van der Waals surface area contributed by atoms with E-state index in [1.54, 1.807) is 44.3 Å². The molecule has 29 heavy (non-hydrogen) atoms. The molecular weight excluding hydrogens is 391 g/mol. The van der Waals surface area contributed by atoms with Gasteiger partial charge in [-0.25, -0.2) is 12.8 Å². The Kier molecular flexibility index (Phi) is 5.15. The van der Waals surface area contributed by atoms with Crippen molar-refractivity contribution in [2.75, 3.05) is 32.5 Å². The van der Waals surface area contributed by atoms with E-state index in [2.05, 4.69) is 9.88 Å². The molecule has 1 saturated carbocycles. The summed E-state index contributed by atoms with van der Waals surface area (Å²) in [5, 5.41) is 0. The van der Waals surface area contributed by atoms with Crippen molar-refractivity contribution in [3.05, 3.63) is 42.6 Å². The van der Waals surface area contributed by atoms with Crippen molar-refractivity contribution in [3.63, 3.8) is 0 Å². The van der Waals surface area contributed by atoms with Crippen molar-refractivity contribution in [1.29, 1.82) is 0 Å². The van der Waals surface area contributed by atoms with E-state index in [1.807, 2.05) is 12.1 Å². The van der Waals surface area contributed by atoms with E-state index in [1.165, 1.54) is 6.26 Å². The second-order valence-electron chi connectivity index (χ2n) is 8.89. The normalized spacial score (nSPS) is 24.3. The van der Waals surface area contributed by atoms with E-state index in [-0.39, 0.29) is 0 Å². The molecule has 2 fully saturated rings. The summed E-state index contributed by atoms with van der Waals surface area (Å²) in [5.41, 5.74) is 0.489. The van der Waals surface area contributed by atoms with Crippen LogP contribution in [0.15, 0.2) is 47.5 Å². The average molecular weight is 419 g/mol. The summed E-state index contributed by atoms with van der Waals surface area (Å²) in [6, 6.07) is 10.5. The Balaban J connectivity index is 1.28. The smallest absolute Gasteiger partial charge is 0.175 e. The molecule has 4 rings (SSSR count). The van der Waals surface area contributed by atoms with E-state index >= 15 is 0 Å². The molecule has 2 aromatic rings. The molecule has 1 aliphatic carbocycles. The van der Waals surface area contributed by atoms with Gasteiger partial charge in [-0.15, -0.1) is 0 Å². The number of nitrogens with zero attached hydrogens (tertiary/aromatic N) is 2. The van der Waals surface area contributed by atoms with Crippen LogP contribution in [0, 0.1) is 17.8 Å². The number of ether oxygens (including phenoxy) is 1. The van der Waals surface area contributed by atoms with Crippen molar-refractivity contribution < 1.29 is 17.5 Å². The molecule has 2 atom stereocenters. The Morgan fingerprint density at radius 2 is 1.79 bits per heavy atom. The molecule has 0 N–H and O–H groups in total. The molecule has 0 amide bonds. The molecule has 0 bridgehead atoms. The number of aromatic nitrogens is 1. The molecule has 2 aliphatic rings. The van der Waals surface area contributed by atoms with E-state index in [9.17, 15) is 12.8 Å². The molecule has 1 saturated heterocycles. The van der Waals surface area contributed by atoms with Crippen LogP contribution >= 0.6 is 0 Å². The van der Waals surface area contributed by atoms with Crippen molar-refractivity contribution in [1.82, 2.24) is 9.88 Å². The highest BCUT2D eigenvalue weighted by atomic mass is 32.2. The minimum Gasteiger partial charge on any atom is -0.492 e. The summed E-state index contributed by atoms with van der Waals surface area (Å²) in [6.07, 6.45) is 2.90. The number of pyridine rings is 1. The van der Waals surface area contributed by atoms with Crippen molar-refractivity contribution in [3.8, 4) is 17.0 Å². The lowest BCUT2D eigenvalue weighted by Gasteiger charge is -2.25.